The summed E-state index contributed by atoms with van der Waals surface area (Å²) in [6.07, 6.45) is 6.62. The molecule has 1 aromatic rings. The van der Waals surface area contributed by atoms with E-state index in [1.54, 1.807) is 22.0 Å². The summed E-state index contributed by atoms with van der Waals surface area (Å²) in [5.41, 5.74) is -0.428. The minimum absolute atomic E-state index is 0.0735. The summed E-state index contributed by atoms with van der Waals surface area (Å²) in [4.78, 5) is 58.8. The Bertz CT molecular complexity index is 1250. The molecule has 3 aliphatic rings. The number of fused-ring (bicyclic) bond motifs is 1. The number of hydrogen-bond acceptors (Lipinski definition) is 7. The van der Waals surface area contributed by atoms with E-state index in [4.69, 9.17) is 9.47 Å². The molecule has 7 atom stereocenters. The number of aliphatic hydroxyl groups is 1. The van der Waals surface area contributed by atoms with Crippen molar-refractivity contribution in [2.24, 2.45) is 17.8 Å². The van der Waals surface area contributed by atoms with Crippen LogP contribution in [0.5, 0.6) is 0 Å². The summed E-state index contributed by atoms with van der Waals surface area (Å²) in [6, 6.07) is 7.03. The van der Waals surface area contributed by atoms with Gasteiger partial charge in [-0.25, -0.2) is 0 Å². The van der Waals surface area contributed by atoms with E-state index in [0.717, 1.165) is 18.4 Å². The van der Waals surface area contributed by atoms with E-state index in [0.29, 0.717) is 38.8 Å². The Kier molecular flexibility index (Phi) is 12.2. The minimum Gasteiger partial charge on any atom is -0.463 e. The second-order valence-corrected chi connectivity index (χ2v) is 13.2. The van der Waals surface area contributed by atoms with Gasteiger partial charge in [0.1, 0.15) is 18.2 Å². The monoisotopic (exact) mass is 637 g/mol. The number of nitrogens with zero attached hydrogens (tertiary/aromatic N) is 2. The Morgan fingerprint density at radius 2 is 1.96 bits per heavy atom. The van der Waals surface area contributed by atoms with Gasteiger partial charge in [0.15, 0.2) is 0 Å². The number of rotatable bonds is 18. The Morgan fingerprint density at radius 1 is 1.22 bits per heavy atom. The molecule has 0 unspecified atom stereocenters. The zero-order chi connectivity index (χ0) is 33.4. The third kappa shape index (κ3) is 7.23. The maximum atomic E-state index is 14.5. The molecule has 46 heavy (non-hydrogen) atoms. The first-order valence-electron chi connectivity index (χ1n) is 16.8. The Balaban J connectivity index is 1.67. The lowest BCUT2D eigenvalue weighted by molar-refractivity contribution is -0.151. The molecule has 1 aromatic carbocycles. The SMILES string of the molecule is C=CCCC(=O)OC[C@H](NC(=O)[C@@H]1[C@H]2C(=O)N([C@@H](CO)CC(C)C)[C@H](C(=O)N(CC=C)CCCC)[C@]23CC[C@H]1O3)c1ccccc1. The highest BCUT2D eigenvalue weighted by Crippen LogP contribution is 2.59. The van der Waals surface area contributed by atoms with E-state index in [2.05, 4.69) is 25.4 Å². The number of unbranched alkanes of at least 4 members (excludes halogenated alkanes) is 1. The zero-order valence-corrected chi connectivity index (χ0v) is 27.6. The van der Waals surface area contributed by atoms with Crippen LogP contribution in [0.4, 0.5) is 0 Å². The number of aliphatic hydroxyl groups excluding tert-OH is 1. The lowest BCUT2D eigenvalue weighted by Crippen LogP contribution is -2.59. The van der Waals surface area contributed by atoms with Crippen LogP contribution >= 0.6 is 0 Å². The highest BCUT2D eigenvalue weighted by atomic mass is 16.5. The first-order valence-corrected chi connectivity index (χ1v) is 16.8. The van der Waals surface area contributed by atoms with Crippen LogP contribution in [0.2, 0.25) is 0 Å². The van der Waals surface area contributed by atoms with E-state index in [9.17, 15) is 24.3 Å². The van der Waals surface area contributed by atoms with Crippen molar-refractivity contribution in [3.05, 3.63) is 61.2 Å². The summed E-state index contributed by atoms with van der Waals surface area (Å²) in [7, 11) is 0. The van der Waals surface area contributed by atoms with Crippen LogP contribution in [0, 0.1) is 17.8 Å². The summed E-state index contributed by atoms with van der Waals surface area (Å²) in [6.45, 7) is 14.0. The molecule has 0 aliphatic carbocycles. The molecule has 0 radical (unpaired) electrons. The number of ether oxygens (including phenoxy) is 2. The Morgan fingerprint density at radius 3 is 2.59 bits per heavy atom. The quantitative estimate of drug-likeness (QED) is 0.185. The van der Waals surface area contributed by atoms with Gasteiger partial charge in [0.25, 0.3) is 0 Å². The topological polar surface area (TPSA) is 125 Å². The molecule has 0 saturated carbocycles. The summed E-state index contributed by atoms with van der Waals surface area (Å²) in [5.74, 6) is -2.92. The van der Waals surface area contributed by atoms with Crippen molar-refractivity contribution in [3.8, 4) is 0 Å². The molecule has 3 heterocycles. The number of nitrogens with one attached hydrogen (secondary N) is 1. The second kappa shape index (κ2) is 15.9. The molecule has 3 aliphatic heterocycles. The van der Waals surface area contributed by atoms with Crippen LogP contribution in [0.25, 0.3) is 0 Å². The van der Waals surface area contributed by atoms with Crippen LogP contribution in [0.1, 0.15) is 77.3 Å². The standard InChI is InChI=1S/C36H51N3O7/c1-6-9-16-29(41)45-23-27(25-14-12-11-13-15-25)37-33(42)30-28-17-18-36(46-28)31(30)34(43)39(26(22-40)21-24(4)5)32(36)35(44)38(19-8-3)20-10-7-2/h6,8,11-15,24,26-28,30-32,40H,1,3,7,9-10,16-23H2,2,4-5H3,(H,37,42)/t26-,27+,28-,30+,31+,32-,36+/m1/s1. The van der Waals surface area contributed by atoms with Crippen molar-refractivity contribution >= 4 is 23.7 Å². The van der Waals surface area contributed by atoms with Crippen molar-refractivity contribution in [1.82, 2.24) is 15.1 Å². The molecule has 3 saturated heterocycles. The number of amides is 3. The number of carbonyl (C=O) groups is 4. The van der Waals surface area contributed by atoms with E-state index in [1.165, 1.54) is 0 Å². The van der Waals surface area contributed by atoms with Gasteiger partial charge in [0, 0.05) is 19.5 Å². The van der Waals surface area contributed by atoms with Crippen LogP contribution in [-0.4, -0.2) is 88.7 Å². The number of likely N-dealkylation sites (tertiary alicyclic amines) is 1. The molecule has 252 valence electrons. The Labute approximate surface area is 273 Å². The minimum atomic E-state index is -1.18. The molecule has 2 N–H and O–H groups in total. The van der Waals surface area contributed by atoms with Gasteiger partial charge in [-0.2, -0.15) is 0 Å². The Hall–Kier alpha value is -3.50. The molecule has 3 fully saturated rings. The van der Waals surface area contributed by atoms with Gasteiger partial charge in [0.05, 0.1) is 36.6 Å². The number of hydrogen-bond donors (Lipinski definition) is 2. The van der Waals surface area contributed by atoms with Crippen LogP contribution in [-0.2, 0) is 28.7 Å². The molecule has 2 bridgehead atoms. The lowest BCUT2D eigenvalue weighted by atomic mass is 9.70. The van der Waals surface area contributed by atoms with Gasteiger partial charge in [-0.15, -0.1) is 13.2 Å². The third-order valence-corrected chi connectivity index (χ3v) is 9.55. The van der Waals surface area contributed by atoms with Gasteiger partial charge in [-0.1, -0.05) is 69.7 Å². The summed E-state index contributed by atoms with van der Waals surface area (Å²) < 4.78 is 12.2. The van der Waals surface area contributed by atoms with Crippen LogP contribution in [0.3, 0.4) is 0 Å². The van der Waals surface area contributed by atoms with Gasteiger partial charge < -0.3 is 29.7 Å². The van der Waals surface area contributed by atoms with Crippen molar-refractivity contribution < 1.29 is 33.8 Å². The van der Waals surface area contributed by atoms with Gasteiger partial charge in [0.2, 0.25) is 17.7 Å². The van der Waals surface area contributed by atoms with Crippen LogP contribution in [0.15, 0.2) is 55.6 Å². The fourth-order valence-electron chi connectivity index (χ4n) is 7.50. The first kappa shape index (κ1) is 35.4. The van der Waals surface area contributed by atoms with Crippen LogP contribution < -0.4 is 5.32 Å². The normalized spacial score (nSPS) is 26.0. The third-order valence-electron chi connectivity index (χ3n) is 9.55. The molecule has 4 rings (SSSR count). The lowest BCUT2D eigenvalue weighted by Gasteiger charge is -2.39. The number of allylic oxidation sites excluding steroid dienone is 1. The maximum Gasteiger partial charge on any atom is 0.306 e. The average molecular weight is 638 g/mol. The van der Waals surface area contributed by atoms with Crippen molar-refractivity contribution in [2.75, 3.05) is 26.3 Å². The highest BCUT2D eigenvalue weighted by molar-refractivity contribution is 5.99. The molecule has 10 heteroatoms. The number of esters is 1. The van der Waals surface area contributed by atoms with Gasteiger partial charge in [-0.3, -0.25) is 19.2 Å². The smallest absolute Gasteiger partial charge is 0.306 e. The van der Waals surface area contributed by atoms with Gasteiger partial charge in [-0.05, 0) is 43.6 Å². The predicted molar refractivity (Wildman–Crippen MR) is 174 cm³/mol. The molecule has 3 amide bonds. The fourth-order valence-corrected chi connectivity index (χ4v) is 7.50. The zero-order valence-electron chi connectivity index (χ0n) is 27.6. The molecule has 1 spiro atoms. The molecular weight excluding hydrogens is 586 g/mol. The van der Waals surface area contributed by atoms with E-state index >= 15 is 0 Å². The molecule has 0 aromatic heterocycles. The maximum absolute atomic E-state index is 14.5. The first-order chi connectivity index (χ1) is 22.1. The van der Waals surface area contributed by atoms with E-state index in [-0.39, 0.29) is 43.3 Å². The summed E-state index contributed by atoms with van der Waals surface area (Å²) in [5, 5.41) is 13.6. The largest absolute Gasteiger partial charge is 0.463 e. The molecule has 10 nitrogen and oxygen atoms in total. The highest BCUT2D eigenvalue weighted by Gasteiger charge is 2.75. The molecular formula is C36H51N3O7. The van der Waals surface area contributed by atoms with E-state index < -0.39 is 47.6 Å². The van der Waals surface area contributed by atoms with E-state index in [1.807, 2.05) is 44.2 Å². The second-order valence-electron chi connectivity index (χ2n) is 13.2. The number of carbonyl (C=O) groups excluding carboxylic acids is 4. The number of benzene rings is 1. The van der Waals surface area contributed by atoms with Crippen molar-refractivity contribution in [3.63, 3.8) is 0 Å². The van der Waals surface area contributed by atoms with Gasteiger partial charge >= 0.3 is 5.97 Å². The summed E-state index contributed by atoms with van der Waals surface area (Å²) >= 11 is 0. The average Bonchev–Trinajstić information content (AvgIpc) is 3.70. The fraction of sp³-hybridized carbons (Fsp3) is 0.611. The van der Waals surface area contributed by atoms with Crippen molar-refractivity contribution in [1.29, 1.82) is 0 Å². The predicted octanol–water partition coefficient (Wildman–Crippen LogP) is 3.95. The van der Waals surface area contributed by atoms with Crippen molar-refractivity contribution in [2.45, 2.75) is 95.5 Å².